The van der Waals surface area contributed by atoms with Gasteiger partial charge in [-0.3, -0.25) is 0 Å². The summed E-state index contributed by atoms with van der Waals surface area (Å²) in [6, 6.07) is 9.06. The smallest absolute Gasteiger partial charge is 0.216 e. The topological polar surface area (TPSA) is 103 Å². The highest BCUT2D eigenvalue weighted by Crippen LogP contribution is 2.35. The SMILES string of the molecule is Cc1ncn(-c2ccc(N)cc2OCCCC(C)NC2=NC(Cl)N=C3C(c4ccc(F)cc4F)=CCC23)n1. The third kappa shape index (κ3) is 5.55. The van der Waals surface area contributed by atoms with Crippen LogP contribution in [0.3, 0.4) is 0 Å². The summed E-state index contributed by atoms with van der Waals surface area (Å²) in [6.45, 7) is 4.36. The zero-order valence-corrected chi connectivity index (χ0v) is 21.8. The molecule has 3 N–H and O–H groups in total. The third-order valence-electron chi connectivity index (χ3n) is 6.48. The zero-order chi connectivity index (χ0) is 26.8. The number of anilines is 1. The first-order chi connectivity index (χ1) is 18.3. The molecule has 0 fully saturated rings. The Morgan fingerprint density at radius 2 is 2.05 bits per heavy atom. The number of amidine groups is 1. The summed E-state index contributed by atoms with van der Waals surface area (Å²) in [7, 11) is 0. The number of alkyl halides is 1. The number of benzene rings is 2. The number of nitrogens with one attached hydrogen (secondary N) is 1. The van der Waals surface area contributed by atoms with Gasteiger partial charge in [-0.15, -0.1) is 0 Å². The molecule has 0 saturated carbocycles. The summed E-state index contributed by atoms with van der Waals surface area (Å²) in [5.74, 6) is 0.623. The maximum atomic E-state index is 14.5. The highest BCUT2D eigenvalue weighted by atomic mass is 35.5. The van der Waals surface area contributed by atoms with Crippen molar-refractivity contribution < 1.29 is 13.5 Å². The Bertz CT molecular complexity index is 1430. The van der Waals surface area contributed by atoms with E-state index in [2.05, 4.69) is 32.3 Å². The number of hydrogen-bond donors (Lipinski definition) is 2. The Morgan fingerprint density at radius 1 is 1.21 bits per heavy atom. The van der Waals surface area contributed by atoms with E-state index in [9.17, 15) is 8.78 Å². The molecule has 2 aliphatic rings. The highest BCUT2D eigenvalue weighted by molar-refractivity contribution is 6.35. The van der Waals surface area contributed by atoms with Crippen molar-refractivity contribution in [3.8, 4) is 11.4 Å². The molecule has 2 heterocycles. The first-order valence-electron chi connectivity index (χ1n) is 12.4. The van der Waals surface area contributed by atoms with Gasteiger partial charge in [0.2, 0.25) is 5.62 Å². The molecule has 38 heavy (non-hydrogen) atoms. The van der Waals surface area contributed by atoms with Crippen LogP contribution in [-0.2, 0) is 0 Å². The quantitative estimate of drug-likeness (QED) is 0.180. The van der Waals surface area contributed by atoms with Crippen LogP contribution in [0.4, 0.5) is 14.5 Å². The van der Waals surface area contributed by atoms with Crippen molar-refractivity contribution in [2.75, 3.05) is 12.3 Å². The lowest BCUT2D eigenvalue weighted by Crippen LogP contribution is -2.42. The second-order valence-corrected chi connectivity index (χ2v) is 9.76. The number of nitrogens with two attached hydrogens (primary N) is 1. The molecule has 2 aromatic carbocycles. The van der Waals surface area contributed by atoms with E-state index >= 15 is 0 Å². The molecule has 0 amide bonds. The minimum atomic E-state index is -0.813. The highest BCUT2D eigenvalue weighted by Gasteiger charge is 2.35. The lowest BCUT2D eigenvalue weighted by molar-refractivity contribution is 0.299. The third-order valence-corrected chi connectivity index (χ3v) is 6.67. The molecule has 1 aromatic heterocycles. The van der Waals surface area contributed by atoms with Gasteiger partial charge in [-0.2, -0.15) is 5.10 Å². The van der Waals surface area contributed by atoms with Crippen molar-refractivity contribution in [1.29, 1.82) is 0 Å². The van der Waals surface area contributed by atoms with Crippen LogP contribution >= 0.6 is 11.6 Å². The van der Waals surface area contributed by atoms with Crippen molar-refractivity contribution in [2.24, 2.45) is 15.9 Å². The second kappa shape index (κ2) is 10.9. The van der Waals surface area contributed by atoms with Crippen LogP contribution < -0.4 is 15.8 Å². The van der Waals surface area contributed by atoms with Gasteiger partial charge < -0.3 is 15.8 Å². The van der Waals surface area contributed by atoms with Crippen molar-refractivity contribution in [3.63, 3.8) is 0 Å². The number of nitrogens with zero attached hydrogens (tertiary/aromatic N) is 5. The number of nitrogen functional groups attached to an aromatic ring is 1. The fourth-order valence-corrected chi connectivity index (χ4v) is 4.89. The number of fused-ring (bicyclic) bond motifs is 1. The summed E-state index contributed by atoms with van der Waals surface area (Å²) >= 11 is 6.32. The van der Waals surface area contributed by atoms with Crippen molar-refractivity contribution in [3.05, 3.63) is 71.8 Å². The molecule has 0 saturated heterocycles. The van der Waals surface area contributed by atoms with Gasteiger partial charge >= 0.3 is 0 Å². The van der Waals surface area contributed by atoms with E-state index in [1.807, 2.05) is 19.1 Å². The zero-order valence-electron chi connectivity index (χ0n) is 21.0. The number of allylic oxidation sites excluding steroid dienone is 2. The number of ether oxygens (including phenoxy) is 1. The molecule has 11 heteroatoms. The molecule has 1 aliphatic heterocycles. The van der Waals surface area contributed by atoms with Crippen LogP contribution in [-0.4, -0.2) is 44.6 Å². The average molecular weight is 540 g/mol. The normalized spacial score (nSPS) is 19.3. The van der Waals surface area contributed by atoms with Gasteiger partial charge in [-0.05, 0) is 57.4 Å². The number of aliphatic imine (C=N–C) groups is 2. The summed E-state index contributed by atoms with van der Waals surface area (Å²) < 4.78 is 35.6. The minimum Gasteiger partial charge on any atom is -0.491 e. The monoisotopic (exact) mass is 539 g/mol. The molecule has 3 atom stereocenters. The predicted molar refractivity (Wildman–Crippen MR) is 145 cm³/mol. The van der Waals surface area contributed by atoms with Crippen LogP contribution in [0.5, 0.6) is 5.75 Å². The van der Waals surface area contributed by atoms with Crippen LogP contribution in [0.25, 0.3) is 11.3 Å². The van der Waals surface area contributed by atoms with Crippen molar-refractivity contribution in [2.45, 2.75) is 44.8 Å². The molecule has 0 spiro atoms. The maximum absolute atomic E-state index is 14.5. The van der Waals surface area contributed by atoms with Gasteiger partial charge in [-0.25, -0.2) is 28.4 Å². The van der Waals surface area contributed by atoms with Crippen molar-refractivity contribution in [1.82, 2.24) is 20.1 Å². The fourth-order valence-electron chi connectivity index (χ4n) is 4.68. The van der Waals surface area contributed by atoms with Crippen molar-refractivity contribution >= 4 is 34.4 Å². The van der Waals surface area contributed by atoms with E-state index in [0.29, 0.717) is 47.1 Å². The van der Waals surface area contributed by atoms with Gasteiger partial charge in [0.15, 0.2) is 0 Å². The molecular weight excluding hydrogens is 512 g/mol. The number of halogens is 3. The number of rotatable bonds is 8. The molecule has 198 valence electrons. The summed E-state index contributed by atoms with van der Waals surface area (Å²) in [4.78, 5) is 13.1. The van der Waals surface area contributed by atoms with E-state index in [1.54, 1.807) is 23.1 Å². The average Bonchev–Trinajstić information content (AvgIpc) is 3.48. The van der Waals surface area contributed by atoms with Gasteiger partial charge in [0.05, 0.1) is 18.2 Å². The van der Waals surface area contributed by atoms with E-state index in [-0.39, 0.29) is 12.0 Å². The molecule has 5 rings (SSSR count). The van der Waals surface area contributed by atoms with E-state index in [4.69, 9.17) is 22.1 Å². The lowest BCUT2D eigenvalue weighted by atomic mass is 9.95. The Morgan fingerprint density at radius 3 is 2.82 bits per heavy atom. The summed E-state index contributed by atoms with van der Waals surface area (Å²) in [5.41, 5.74) is 8.14. The fraction of sp³-hybridized carbons (Fsp3) is 0.333. The Hall–Kier alpha value is -3.79. The largest absolute Gasteiger partial charge is 0.491 e. The number of hydrogen-bond acceptors (Lipinski definition) is 7. The van der Waals surface area contributed by atoms with E-state index in [0.717, 1.165) is 30.4 Å². The number of aryl methyl sites for hydroxylation is 1. The van der Waals surface area contributed by atoms with Crippen LogP contribution in [0.15, 0.2) is 58.8 Å². The van der Waals surface area contributed by atoms with Crippen LogP contribution in [0.1, 0.15) is 37.6 Å². The molecule has 1 aliphatic carbocycles. The first kappa shape index (κ1) is 25.8. The standard InChI is InChI=1S/C27H28ClF2N7O/c1-15(4-3-11-38-24-13-18(31)6-10-23(24)37-14-32-16(2)36-37)33-26-21-9-8-20(25(21)34-27(28)35-26)19-7-5-17(29)12-22(19)30/h5-8,10,12-15,21,27H,3-4,9,11,31H2,1-2H3,(H,33,35). The Kier molecular flexibility index (Phi) is 7.42. The van der Waals surface area contributed by atoms with E-state index in [1.165, 1.54) is 12.1 Å². The maximum Gasteiger partial charge on any atom is 0.216 e. The van der Waals surface area contributed by atoms with Crippen LogP contribution in [0, 0.1) is 24.5 Å². The molecule has 0 bridgehead atoms. The van der Waals surface area contributed by atoms with Gasteiger partial charge in [0.1, 0.15) is 41.1 Å². The minimum absolute atomic E-state index is 0.0745. The molecule has 0 radical (unpaired) electrons. The second-order valence-electron chi connectivity index (χ2n) is 9.37. The Labute approximate surface area is 224 Å². The molecule has 8 nitrogen and oxygen atoms in total. The summed E-state index contributed by atoms with van der Waals surface area (Å²) in [5, 5.41) is 7.82. The lowest BCUT2D eigenvalue weighted by Gasteiger charge is -2.26. The molecule has 3 unspecified atom stereocenters. The van der Waals surface area contributed by atoms with Gasteiger partial charge in [-0.1, -0.05) is 17.7 Å². The predicted octanol–water partition coefficient (Wildman–Crippen LogP) is 5.05. The summed E-state index contributed by atoms with van der Waals surface area (Å²) in [6.07, 6.45) is 5.73. The van der Waals surface area contributed by atoms with Gasteiger partial charge in [0.25, 0.3) is 0 Å². The molecular formula is C27H28ClF2N7O. The first-order valence-corrected chi connectivity index (χ1v) is 12.8. The van der Waals surface area contributed by atoms with Crippen LogP contribution in [0.2, 0.25) is 0 Å². The van der Waals surface area contributed by atoms with Gasteiger partial charge in [0, 0.05) is 35.0 Å². The number of aromatic nitrogens is 3. The van der Waals surface area contributed by atoms with E-state index < -0.39 is 17.3 Å². The molecule has 3 aromatic rings. The Balaban J connectivity index is 1.17.